The van der Waals surface area contributed by atoms with Crippen LogP contribution in [0.3, 0.4) is 0 Å². The molecule has 1 aromatic carbocycles. The van der Waals surface area contributed by atoms with E-state index in [4.69, 9.17) is 10.00 Å². The first-order chi connectivity index (χ1) is 9.26. The van der Waals surface area contributed by atoms with Crippen molar-refractivity contribution in [2.75, 3.05) is 7.11 Å². The zero-order chi connectivity index (χ0) is 13.7. The van der Waals surface area contributed by atoms with Crippen LogP contribution in [0.1, 0.15) is 15.9 Å². The molecule has 0 radical (unpaired) electrons. The number of Topliss-reactive ketones (excluding diaryl/α,β-unsaturated/α-hetero) is 1. The van der Waals surface area contributed by atoms with E-state index in [0.29, 0.717) is 16.9 Å². The van der Waals surface area contributed by atoms with Crippen molar-refractivity contribution < 1.29 is 9.53 Å². The number of nitriles is 1. The SMILES string of the molecule is COc1ccccc1/C=C(/C#N)C(=O)c1ccsc1. The average molecular weight is 269 g/mol. The molecule has 3 nitrogen and oxygen atoms in total. The van der Waals surface area contributed by atoms with Gasteiger partial charge in [-0.15, -0.1) is 0 Å². The summed E-state index contributed by atoms with van der Waals surface area (Å²) in [6.45, 7) is 0. The van der Waals surface area contributed by atoms with Gasteiger partial charge in [-0.3, -0.25) is 4.79 Å². The van der Waals surface area contributed by atoms with Gasteiger partial charge in [-0.25, -0.2) is 0 Å². The molecule has 0 aliphatic rings. The minimum absolute atomic E-state index is 0.0999. The van der Waals surface area contributed by atoms with Crippen LogP contribution in [0.25, 0.3) is 6.08 Å². The zero-order valence-electron chi connectivity index (χ0n) is 10.3. The number of allylic oxidation sites excluding steroid dienone is 1. The molecule has 2 aromatic rings. The van der Waals surface area contributed by atoms with Crippen LogP contribution in [-0.2, 0) is 0 Å². The topological polar surface area (TPSA) is 50.1 Å². The Hall–Kier alpha value is -2.38. The van der Waals surface area contributed by atoms with E-state index >= 15 is 0 Å². The normalized spacial score (nSPS) is 10.8. The molecular weight excluding hydrogens is 258 g/mol. The lowest BCUT2D eigenvalue weighted by molar-refractivity contribution is 0.104. The Morgan fingerprint density at radius 1 is 1.37 bits per heavy atom. The van der Waals surface area contributed by atoms with E-state index in [1.165, 1.54) is 11.3 Å². The van der Waals surface area contributed by atoms with E-state index in [1.54, 1.807) is 36.8 Å². The molecule has 0 bridgehead atoms. The second-order valence-electron chi connectivity index (χ2n) is 3.75. The molecule has 0 fully saturated rings. The molecule has 1 heterocycles. The van der Waals surface area contributed by atoms with Gasteiger partial charge in [-0.2, -0.15) is 16.6 Å². The average Bonchev–Trinajstić information content (AvgIpc) is 2.98. The van der Waals surface area contributed by atoms with Gasteiger partial charge in [0.25, 0.3) is 0 Å². The number of methoxy groups -OCH3 is 1. The van der Waals surface area contributed by atoms with Crippen molar-refractivity contribution >= 4 is 23.2 Å². The van der Waals surface area contributed by atoms with Crippen LogP contribution in [-0.4, -0.2) is 12.9 Å². The highest BCUT2D eigenvalue weighted by atomic mass is 32.1. The van der Waals surface area contributed by atoms with Crippen LogP contribution < -0.4 is 4.74 Å². The molecule has 0 saturated carbocycles. The predicted octanol–water partition coefficient (Wildman–Crippen LogP) is 3.55. The van der Waals surface area contributed by atoms with Crippen molar-refractivity contribution in [2.45, 2.75) is 0 Å². The number of benzene rings is 1. The third kappa shape index (κ3) is 2.90. The van der Waals surface area contributed by atoms with Gasteiger partial charge in [0, 0.05) is 16.5 Å². The number of hydrogen-bond donors (Lipinski definition) is 0. The highest BCUT2D eigenvalue weighted by Crippen LogP contribution is 2.22. The van der Waals surface area contributed by atoms with Gasteiger partial charge < -0.3 is 4.74 Å². The third-order valence-corrected chi connectivity index (χ3v) is 3.27. The Balaban J connectivity index is 2.40. The minimum atomic E-state index is -0.269. The number of carbonyl (C=O) groups excluding carboxylic acids is 1. The van der Waals surface area contributed by atoms with Gasteiger partial charge in [0.1, 0.15) is 17.4 Å². The Labute approximate surface area is 115 Å². The molecule has 0 spiro atoms. The summed E-state index contributed by atoms with van der Waals surface area (Å²) in [7, 11) is 1.55. The molecule has 0 atom stereocenters. The van der Waals surface area contributed by atoms with Gasteiger partial charge in [0.2, 0.25) is 5.78 Å². The molecule has 0 saturated heterocycles. The Kier molecular flexibility index (Phi) is 4.11. The van der Waals surface area contributed by atoms with Gasteiger partial charge in [0.05, 0.1) is 7.11 Å². The molecular formula is C15H11NO2S. The minimum Gasteiger partial charge on any atom is -0.496 e. The maximum absolute atomic E-state index is 12.1. The smallest absolute Gasteiger partial charge is 0.204 e. The molecule has 1 aromatic heterocycles. The number of para-hydroxylation sites is 1. The van der Waals surface area contributed by atoms with Crippen LogP contribution >= 0.6 is 11.3 Å². The number of hydrogen-bond acceptors (Lipinski definition) is 4. The van der Waals surface area contributed by atoms with Crippen molar-refractivity contribution in [3.05, 3.63) is 57.8 Å². The molecule has 0 amide bonds. The number of rotatable bonds is 4. The maximum Gasteiger partial charge on any atom is 0.204 e. The van der Waals surface area contributed by atoms with E-state index in [0.717, 1.165) is 0 Å². The van der Waals surface area contributed by atoms with Gasteiger partial charge in [-0.05, 0) is 23.6 Å². The number of ketones is 1. The second-order valence-corrected chi connectivity index (χ2v) is 4.53. The standard InChI is InChI=1S/C15H11NO2S/c1-18-14-5-3-2-4-11(14)8-13(9-16)15(17)12-6-7-19-10-12/h2-8,10H,1H3/b13-8-. The quantitative estimate of drug-likeness (QED) is 0.484. The van der Waals surface area contributed by atoms with E-state index in [1.807, 2.05) is 23.6 Å². The first-order valence-electron chi connectivity index (χ1n) is 5.58. The summed E-state index contributed by atoms with van der Waals surface area (Å²) in [5.41, 5.74) is 1.35. The highest BCUT2D eigenvalue weighted by molar-refractivity contribution is 7.08. The number of ether oxygens (including phenoxy) is 1. The Morgan fingerprint density at radius 3 is 2.79 bits per heavy atom. The van der Waals surface area contributed by atoms with E-state index in [2.05, 4.69) is 0 Å². The lowest BCUT2D eigenvalue weighted by Crippen LogP contribution is -2.00. The van der Waals surface area contributed by atoms with Crippen molar-refractivity contribution in [1.29, 1.82) is 5.26 Å². The summed E-state index contributed by atoms with van der Waals surface area (Å²) < 4.78 is 5.20. The monoisotopic (exact) mass is 269 g/mol. The lowest BCUT2D eigenvalue weighted by Gasteiger charge is -2.04. The summed E-state index contributed by atoms with van der Waals surface area (Å²) in [4.78, 5) is 12.1. The van der Waals surface area contributed by atoms with E-state index < -0.39 is 0 Å². The molecule has 0 aliphatic carbocycles. The van der Waals surface area contributed by atoms with Crippen LogP contribution in [0, 0.1) is 11.3 Å². The van der Waals surface area contributed by atoms with Crippen molar-refractivity contribution in [3.63, 3.8) is 0 Å². The Morgan fingerprint density at radius 2 is 2.16 bits per heavy atom. The van der Waals surface area contributed by atoms with E-state index in [-0.39, 0.29) is 11.4 Å². The Bertz CT molecular complexity index is 651. The summed E-state index contributed by atoms with van der Waals surface area (Å²) in [6, 6.07) is 10.9. The number of nitrogens with zero attached hydrogens (tertiary/aromatic N) is 1. The largest absolute Gasteiger partial charge is 0.496 e. The fourth-order valence-corrected chi connectivity index (χ4v) is 2.27. The van der Waals surface area contributed by atoms with Crippen LogP contribution in [0.4, 0.5) is 0 Å². The second kappa shape index (κ2) is 5.98. The highest BCUT2D eigenvalue weighted by Gasteiger charge is 2.13. The maximum atomic E-state index is 12.1. The molecule has 4 heteroatoms. The van der Waals surface area contributed by atoms with Gasteiger partial charge in [-0.1, -0.05) is 18.2 Å². The first-order valence-corrected chi connectivity index (χ1v) is 6.52. The lowest BCUT2D eigenvalue weighted by atomic mass is 10.0. The summed E-state index contributed by atoms with van der Waals surface area (Å²) >= 11 is 1.43. The van der Waals surface area contributed by atoms with Gasteiger partial charge >= 0.3 is 0 Å². The van der Waals surface area contributed by atoms with Crippen molar-refractivity contribution in [2.24, 2.45) is 0 Å². The fraction of sp³-hybridized carbons (Fsp3) is 0.0667. The fourth-order valence-electron chi connectivity index (χ4n) is 1.64. The first kappa shape index (κ1) is 13.1. The molecule has 19 heavy (non-hydrogen) atoms. The van der Waals surface area contributed by atoms with E-state index in [9.17, 15) is 4.79 Å². The molecule has 94 valence electrons. The third-order valence-electron chi connectivity index (χ3n) is 2.59. The zero-order valence-corrected chi connectivity index (χ0v) is 11.1. The molecule has 2 rings (SSSR count). The molecule has 0 aliphatic heterocycles. The van der Waals surface area contributed by atoms with Crippen LogP contribution in [0.5, 0.6) is 5.75 Å². The summed E-state index contributed by atoms with van der Waals surface area (Å²) in [5, 5.41) is 12.7. The van der Waals surface area contributed by atoms with Crippen LogP contribution in [0.2, 0.25) is 0 Å². The molecule has 0 N–H and O–H groups in total. The van der Waals surface area contributed by atoms with Gasteiger partial charge in [0.15, 0.2) is 0 Å². The summed E-state index contributed by atoms with van der Waals surface area (Å²) in [5.74, 6) is 0.364. The van der Waals surface area contributed by atoms with Crippen molar-refractivity contribution in [1.82, 2.24) is 0 Å². The number of carbonyl (C=O) groups is 1. The van der Waals surface area contributed by atoms with Crippen molar-refractivity contribution in [3.8, 4) is 11.8 Å². The van der Waals surface area contributed by atoms with Crippen LogP contribution in [0.15, 0.2) is 46.7 Å². The summed E-state index contributed by atoms with van der Waals surface area (Å²) in [6.07, 6.45) is 1.55. The number of thiophene rings is 1. The predicted molar refractivity (Wildman–Crippen MR) is 75.2 cm³/mol. The molecule has 0 unspecified atom stereocenters.